The van der Waals surface area contributed by atoms with Crippen molar-refractivity contribution in [3.05, 3.63) is 67.7 Å². The van der Waals surface area contributed by atoms with E-state index in [9.17, 15) is 23.2 Å². The molecular weight excluding hydrogens is 486 g/mol. The second kappa shape index (κ2) is 9.30. The average Bonchev–Trinajstić information content (AvgIpc) is 3.22. The molecule has 0 saturated heterocycles. The molecule has 0 saturated carbocycles. The number of hydrogen-bond donors (Lipinski definition) is 1. The zero-order chi connectivity index (χ0) is 23.7. The number of nitrogens with one attached hydrogen (secondary N) is 1. The Balaban J connectivity index is 1.95. The highest BCUT2D eigenvalue weighted by atomic mass is 35.5. The molecule has 0 spiro atoms. The minimum atomic E-state index is -4.64. The van der Waals surface area contributed by atoms with Crippen LogP contribution in [0.1, 0.15) is 42.0 Å². The third-order valence-corrected chi connectivity index (χ3v) is 6.65. The Morgan fingerprint density at radius 2 is 1.88 bits per heavy atom. The molecule has 168 valence electrons. The van der Waals surface area contributed by atoms with Crippen LogP contribution in [0.15, 0.2) is 35.3 Å². The van der Waals surface area contributed by atoms with E-state index in [1.165, 1.54) is 18.2 Å². The number of halogens is 6. The predicted octanol–water partition coefficient (Wildman–Crippen LogP) is 6.24. The van der Waals surface area contributed by atoms with Gasteiger partial charge in [0.15, 0.2) is 0 Å². The molecule has 4 nitrogen and oxygen atoms in total. The molecule has 1 heterocycles. The Morgan fingerprint density at radius 3 is 2.44 bits per heavy atom. The quantitative estimate of drug-likeness (QED) is 0.492. The summed E-state index contributed by atoms with van der Waals surface area (Å²) in [6, 6.07) is 9.06. The molecule has 0 bridgehead atoms. The summed E-state index contributed by atoms with van der Waals surface area (Å²) in [5, 5.41) is 12.0. The molecule has 2 aromatic carbocycles. The monoisotopic (exact) mass is 501 g/mol. The van der Waals surface area contributed by atoms with Crippen LogP contribution in [0.5, 0.6) is 0 Å². The van der Waals surface area contributed by atoms with Crippen LogP contribution in [-0.2, 0) is 16.8 Å². The van der Waals surface area contributed by atoms with E-state index in [0.29, 0.717) is 17.5 Å². The SMILES string of the molecule is CCC(=O)NCc1ccc(C2=NCC(c3cc(Cl)c(Cl)c(Cl)c3)(C(F)(F)F)C2)cc1C#N. The van der Waals surface area contributed by atoms with Crippen molar-refractivity contribution in [2.45, 2.75) is 37.9 Å². The van der Waals surface area contributed by atoms with Gasteiger partial charge >= 0.3 is 6.18 Å². The Labute approximate surface area is 198 Å². The minimum absolute atomic E-state index is 0.0158. The minimum Gasteiger partial charge on any atom is -0.352 e. The first-order valence-corrected chi connectivity index (χ1v) is 10.7. The van der Waals surface area contributed by atoms with E-state index in [1.54, 1.807) is 19.1 Å². The molecule has 1 atom stereocenters. The Hall–Kier alpha value is -2.27. The van der Waals surface area contributed by atoms with Crippen LogP contribution >= 0.6 is 34.8 Å². The van der Waals surface area contributed by atoms with E-state index in [0.717, 1.165) is 0 Å². The van der Waals surface area contributed by atoms with Crippen LogP contribution in [0.3, 0.4) is 0 Å². The van der Waals surface area contributed by atoms with Crippen molar-refractivity contribution in [2.75, 3.05) is 6.54 Å². The van der Waals surface area contributed by atoms with Gasteiger partial charge in [0.05, 0.1) is 33.2 Å². The highest BCUT2D eigenvalue weighted by Gasteiger charge is 2.58. The van der Waals surface area contributed by atoms with Crippen LogP contribution in [0.2, 0.25) is 15.1 Å². The molecule has 0 aliphatic carbocycles. The molecule has 1 amide bonds. The van der Waals surface area contributed by atoms with Gasteiger partial charge in [-0.2, -0.15) is 18.4 Å². The third-order valence-electron chi connectivity index (χ3n) is 5.45. The molecule has 32 heavy (non-hydrogen) atoms. The van der Waals surface area contributed by atoms with Gasteiger partial charge in [0.2, 0.25) is 5.91 Å². The lowest BCUT2D eigenvalue weighted by Crippen LogP contribution is -2.43. The number of aliphatic imine (C=N–C) groups is 1. The van der Waals surface area contributed by atoms with Crippen molar-refractivity contribution >= 4 is 46.4 Å². The second-order valence-electron chi connectivity index (χ2n) is 7.39. The molecule has 0 fully saturated rings. The van der Waals surface area contributed by atoms with Gasteiger partial charge in [0.1, 0.15) is 5.41 Å². The molecule has 2 aromatic rings. The number of benzene rings is 2. The molecular formula is C22H17Cl3F3N3O. The lowest BCUT2D eigenvalue weighted by molar-refractivity contribution is -0.183. The zero-order valence-electron chi connectivity index (χ0n) is 16.8. The summed E-state index contributed by atoms with van der Waals surface area (Å²) < 4.78 is 42.9. The lowest BCUT2D eigenvalue weighted by atomic mass is 9.76. The molecule has 1 aliphatic rings. The lowest BCUT2D eigenvalue weighted by Gasteiger charge is -2.32. The molecule has 3 rings (SSSR count). The van der Waals surface area contributed by atoms with E-state index in [1.807, 2.05) is 6.07 Å². The summed E-state index contributed by atoms with van der Waals surface area (Å²) in [5.74, 6) is -0.173. The summed E-state index contributed by atoms with van der Waals surface area (Å²) in [5.41, 5.74) is -1.00. The van der Waals surface area contributed by atoms with Crippen LogP contribution in [0.4, 0.5) is 13.2 Å². The van der Waals surface area contributed by atoms with Gasteiger partial charge in [-0.05, 0) is 34.9 Å². The summed E-state index contributed by atoms with van der Waals surface area (Å²) in [7, 11) is 0. The normalized spacial score (nSPS) is 18.2. The van der Waals surface area contributed by atoms with Gasteiger partial charge in [-0.3, -0.25) is 9.79 Å². The molecule has 10 heteroatoms. The van der Waals surface area contributed by atoms with Crippen molar-refractivity contribution in [3.63, 3.8) is 0 Å². The largest absolute Gasteiger partial charge is 0.400 e. The van der Waals surface area contributed by atoms with Crippen molar-refractivity contribution in [1.82, 2.24) is 5.32 Å². The van der Waals surface area contributed by atoms with E-state index in [-0.39, 0.29) is 44.4 Å². The van der Waals surface area contributed by atoms with Gasteiger partial charge in [0, 0.05) is 25.1 Å². The van der Waals surface area contributed by atoms with Crippen molar-refractivity contribution in [2.24, 2.45) is 4.99 Å². The second-order valence-corrected chi connectivity index (χ2v) is 8.58. The summed E-state index contributed by atoms with van der Waals surface area (Å²) >= 11 is 17.9. The first-order valence-electron chi connectivity index (χ1n) is 9.57. The summed E-state index contributed by atoms with van der Waals surface area (Å²) in [6.45, 7) is 1.31. The highest BCUT2D eigenvalue weighted by molar-refractivity contribution is 6.48. The molecule has 1 aliphatic heterocycles. The number of alkyl halides is 3. The average molecular weight is 503 g/mol. The summed E-state index contributed by atoms with van der Waals surface area (Å²) in [6.07, 6.45) is -4.78. The standard InChI is InChI=1S/C22H17Cl3F3N3O/c1-2-19(32)30-10-13-4-3-12(5-14(13)9-29)18-8-21(11-31-18,22(26,27)28)15-6-16(23)20(25)17(24)7-15/h3-7H,2,8,10-11H2,1H3,(H,30,32). The maximum absolute atomic E-state index is 14.3. The summed E-state index contributed by atoms with van der Waals surface area (Å²) in [4.78, 5) is 15.7. The smallest absolute Gasteiger partial charge is 0.352 e. The number of carbonyl (C=O) groups excluding carboxylic acids is 1. The first kappa shape index (κ1) is 24.4. The number of nitrogens with zero attached hydrogens (tertiary/aromatic N) is 2. The molecule has 0 aromatic heterocycles. The van der Waals surface area contributed by atoms with Gasteiger partial charge < -0.3 is 5.32 Å². The maximum atomic E-state index is 14.3. The fraction of sp³-hybridized carbons (Fsp3) is 0.318. The number of carbonyl (C=O) groups is 1. The van der Waals surface area contributed by atoms with Gasteiger partial charge in [-0.15, -0.1) is 0 Å². The topological polar surface area (TPSA) is 65.2 Å². The van der Waals surface area contributed by atoms with E-state index >= 15 is 0 Å². The molecule has 1 N–H and O–H groups in total. The van der Waals surface area contributed by atoms with Crippen LogP contribution in [-0.4, -0.2) is 24.3 Å². The Kier molecular flexibility index (Phi) is 7.09. The number of hydrogen-bond acceptors (Lipinski definition) is 3. The zero-order valence-corrected chi connectivity index (χ0v) is 19.1. The Morgan fingerprint density at radius 1 is 1.22 bits per heavy atom. The fourth-order valence-electron chi connectivity index (χ4n) is 3.53. The first-order chi connectivity index (χ1) is 15.0. The number of amides is 1. The predicted molar refractivity (Wildman–Crippen MR) is 119 cm³/mol. The van der Waals surface area contributed by atoms with Gasteiger partial charge in [0.25, 0.3) is 0 Å². The van der Waals surface area contributed by atoms with Crippen molar-refractivity contribution in [3.8, 4) is 6.07 Å². The van der Waals surface area contributed by atoms with Gasteiger partial charge in [-0.25, -0.2) is 0 Å². The van der Waals surface area contributed by atoms with Gasteiger partial charge in [-0.1, -0.05) is 53.9 Å². The van der Waals surface area contributed by atoms with E-state index in [2.05, 4.69) is 10.3 Å². The highest BCUT2D eigenvalue weighted by Crippen LogP contribution is 2.49. The van der Waals surface area contributed by atoms with Crippen molar-refractivity contribution in [1.29, 1.82) is 5.26 Å². The van der Waals surface area contributed by atoms with Crippen LogP contribution < -0.4 is 5.32 Å². The van der Waals surface area contributed by atoms with E-state index in [4.69, 9.17) is 34.8 Å². The van der Waals surface area contributed by atoms with Crippen molar-refractivity contribution < 1.29 is 18.0 Å². The Bertz CT molecular complexity index is 1120. The number of rotatable bonds is 5. The van der Waals surface area contributed by atoms with E-state index < -0.39 is 24.6 Å². The third kappa shape index (κ3) is 4.59. The number of nitriles is 1. The maximum Gasteiger partial charge on any atom is 0.400 e. The fourth-order valence-corrected chi connectivity index (χ4v) is 4.13. The molecule has 0 radical (unpaired) electrons. The molecule has 1 unspecified atom stereocenters. The van der Waals surface area contributed by atoms with Crippen LogP contribution in [0.25, 0.3) is 0 Å². The van der Waals surface area contributed by atoms with Crippen LogP contribution in [0, 0.1) is 11.3 Å².